The molecule has 3 rings (SSSR count). The molecule has 0 radical (unpaired) electrons. The van der Waals surface area contributed by atoms with Crippen molar-refractivity contribution in [1.82, 2.24) is 9.78 Å². The summed E-state index contributed by atoms with van der Waals surface area (Å²) in [6, 6.07) is 10.2. The van der Waals surface area contributed by atoms with Crippen molar-refractivity contribution >= 4 is 30.1 Å². The fourth-order valence-electron chi connectivity index (χ4n) is 3.21. The molecule has 2 heterocycles. The summed E-state index contributed by atoms with van der Waals surface area (Å²) < 4.78 is 14.4. The molecule has 29 heavy (non-hydrogen) atoms. The van der Waals surface area contributed by atoms with Crippen molar-refractivity contribution in [3.8, 4) is 5.69 Å². The molecule has 0 atom stereocenters. The van der Waals surface area contributed by atoms with Crippen molar-refractivity contribution in [1.29, 1.82) is 0 Å². The Balaban J connectivity index is 1.95. The molecule has 5 nitrogen and oxygen atoms in total. The van der Waals surface area contributed by atoms with E-state index < -0.39 is 18.3 Å². The number of thioether (sulfide) groups is 1. The highest BCUT2D eigenvalue weighted by Gasteiger charge is 2.52. The van der Waals surface area contributed by atoms with Crippen LogP contribution in [-0.2, 0) is 14.1 Å². The smallest absolute Gasteiger partial charge is 0.400 e. The van der Waals surface area contributed by atoms with Gasteiger partial charge in [-0.25, -0.2) is 4.68 Å². The monoisotopic (exact) mass is 412 g/mol. The van der Waals surface area contributed by atoms with E-state index in [1.54, 1.807) is 6.92 Å². The van der Waals surface area contributed by atoms with E-state index in [2.05, 4.69) is 23.3 Å². The summed E-state index contributed by atoms with van der Waals surface area (Å²) in [7, 11) is -0.482. The molecule has 1 aliphatic heterocycles. The van der Waals surface area contributed by atoms with Gasteiger partial charge in [-0.05, 0) is 70.8 Å². The summed E-state index contributed by atoms with van der Waals surface area (Å²) in [4.78, 5) is 11.6. The molecule has 0 aliphatic carbocycles. The summed E-state index contributed by atoms with van der Waals surface area (Å²) >= 11 is 1.27. The van der Waals surface area contributed by atoms with E-state index in [0.29, 0.717) is 5.75 Å². The first-order chi connectivity index (χ1) is 13.5. The Labute approximate surface area is 178 Å². The first-order valence-corrected chi connectivity index (χ1v) is 10.8. The van der Waals surface area contributed by atoms with Crippen LogP contribution in [0.25, 0.3) is 11.8 Å². The molecule has 1 aliphatic rings. The van der Waals surface area contributed by atoms with Gasteiger partial charge >= 0.3 is 7.12 Å². The van der Waals surface area contributed by atoms with Crippen LogP contribution in [-0.4, -0.2) is 39.0 Å². The van der Waals surface area contributed by atoms with Gasteiger partial charge in [0.25, 0.3) is 0 Å². The number of aryl methyl sites for hydroxylation is 2. The molecule has 154 valence electrons. The average molecular weight is 412 g/mol. The summed E-state index contributed by atoms with van der Waals surface area (Å²) in [5, 5.41) is 4.65. The number of carbonyl (C=O) groups is 1. The fraction of sp³-hybridized carbons (Fsp3) is 0.455. The van der Waals surface area contributed by atoms with Crippen molar-refractivity contribution < 1.29 is 14.1 Å². The highest BCUT2D eigenvalue weighted by atomic mass is 32.2. The van der Waals surface area contributed by atoms with E-state index in [9.17, 15) is 4.79 Å². The Morgan fingerprint density at radius 2 is 1.83 bits per heavy atom. The fourth-order valence-corrected chi connectivity index (χ4v) is 3.80. The van der Waals surface area contributed by atoms with Crippen LogP contribution in [0, 0.1) is 13.8 Å². The average Bonchev–Trinajstić information content (AvgIpc) is 3.06. The topological polar surface area (TPSA) is 53.4 Å². The number of benzene rings is 1. The maximum atomic E-state index is 11.6. The first-order valence-electron chi connectivity index (χ1n) is 9.82. The van der Waals surface area contributed by atoms with Gasteiger partial charge in [-0.3, -0.25) is 4.79 Å². The third-order valence-corrected chi connectivity index (χ3v) is 6.36. The van der Waals surface area contributed by atoms with E-state index >= 15 is 0 Å². The standard InChI is InChI=1S/C22H29BN2O3S/c1-15-11-16(2)25(24-15)20-10-8-9-18(13-20)12-19(14-29-17(3)26)23-27-21(4,5)22(6,7)28-23/h8-13H,14H2,1-7H3. The zero-order valence-electron chi connectivity index (χ0n) is 18.3. The quantitative estimate of drug-likeness (QED) is 0.662. The van der Waals surface area contributed by atoms with E-state index in [0.717, 1.165) is 28.1 Å². The maximum Gasteiger partial charge on any atom is 0.491 e. The Morgan fingerprint density at radius 3 is 2.38 bits per heavy atom. The van der Waals surface area contributed by atoms with E-state index in [1.807, 2.05) is 64.4 Å². The predicted octanol–water partition coefficient (Wildman–Crippen LogP) is 4.78. The number of hydrogen-bond donors (Lipinski definition) is 0. The van der Waals surface area contributed by atoms with Crippen molar-refractivity contribution in [2.24, 2.45) is 0 Å². The van der Waals surface area contributed by atoms with Gasteiger partial charge < -0.3 is 9.31 Å². The van der Waals surface area contributed by atoms with Crippen LogP contribution in [0.3, 0.4) is 0 Å². The summed E-state index contributed by atoms with van der Waals surface area (Å²) in [6.07, 6.45) is 2.06. The second-order valence-corrected chi connectivity index (χ2v) is 9.67. The van der Waals surface area contributed by atoms with Gasteiger partial charge in [0.1, 0.15) is 0 Å². The predicted molar refractivity (Wildman–Crippen MR) is 120 cm³/mol. The van der Waals surface area contributed by atoms with E-state index in [4.69, 9.17) is 9.31 Å². The third kappa shape index (κ3) is 4.85. The van der Waals surface area contributed by atoms with Crippen molar-refractivity contribution in [3.05, 3.63) is 52.8 Å². The molecular formula is C22H29BN2O3S. The lowest BCUT2D eigenvalue weighted by molar-refractivity contribution is -0.109. The molecule has 0 N–H and O–H groups in total. The molecule has 2 aromatic rings. The molecule has 0 amide bonds. The van der Waals surface area contributed by atoms with Gasteiger partial charge in [0.2, 0.25) is 0 Å². The first kappa shape index (κ1) is 21.9. The van der Waals surface area contributed by atoms with Crippen molar-refractivity contribution in [2.75, 3.05) is 5.75 Å². The van der Waals surface area contributed by atoms with Gasteiger partial charge in [0.05, 0.1) is 22.6 Å². The minimum absolute atomic E-state index is 0.0730. The number of aromatic nitrogens is 2. The van der Waals surface area contributed by atoms with Crippen LogP contribution in [0.5, 0.6) is 0 Å². The summed E-state index contributed by atoms with van der Waals surface area (Å²) in [5.74, 6) is 0.524. The highest BCUT2D eigenvalue weighted by molar-refractivity contribution is 8.13. The van der Waals surface area contributed by atoms with Crippen LogP contribution in [0.4, 0.5) is 0 Å². The number of nitrogens with zero attached hydrogens (tertiary/aromatic N) is 2. The normalized spacial score (nSPS) is 18.3. The van der Waals surface area contributed by atoms with Crippen LogP contribution in [0.2, 0.25) is 0 Å². The highest BCUT2D eigenvalue weighted by Crippen LogP contribution is 2.39. The Morgan fingerprint density at radius 1 is 1.17 bits per heavy atom. The molecule has 0 saturated carbocycles. The van der Waals surface area contributed by atoms with Crippen LogP contribution < -0.4 is 0 Å². The number of rotatable bonds is 5. The lowest BCUT2D eigenvalue weighted by Gasteiger charge is -2.32. The SMILES string of the molecule is CC(=O)SCC(=Cc1cccc(-n2nc(C)cc2C)c1)B1OC(C)(C)C(C)(C)O1. The van der Waals surface area contributed by atoms with Crippen LogP contribution in [0.15, 0.2) is 35.8 Å². The van der Waals surface area contributed by atoms with Crippen LogP contribution in [0.1, 0.15) is 51.6 Å². The molecule has 7 heteroatoms. The second kappa shape index (κ2) is 8.13. The molecule has 0 bridgehead atoms. The number of carbonyl (C=O) groups excluding carboxylic acids is 1. The van der Waals surface area contributed by atoms with Gasteiger partial charge in [0.15, 0.2) is 5.12 Å². The minimum Gasteiger partial charge on any atom is -0.400 e. The van der Waals surface area contributed by atoms with E-state index in [-0.39, 0.29) is 5.12 Å². The van der Waals surface area contributed by atoms with E-state index in [1.165, 1.54) is 11.8 Å². The van der Waals surface area contributed by atoms with Crippen LogP contribution >= 0.6 is 11.8 Å². The third-order valence-electron chi connectivity index (χ3n) is 5.47. The molecule has 0 unspecified atom stereocenters. The van der Waals surface area contributed by atoms with Gasteiger partial charge in [-0.2, -0.15) is 5.10 Å². The zero-order valence-corrected chi connectivity index (χ0v) is 19.1. The largest absolute Gasteiger partial charge is 0.491 e. The molecule has 1 fully saturated rings. The van der Waals surface area contributed by atoms with Crippen molar-refractivity contribution in [3.63, 3.8) is 0 Å². The molecule has 0 spiro atoms. The molecular weight excluding hydrogens is 383 g/mol. The molecule has 1 saturated heterocycles. The summed E-state index contributed by atoms with van der Waals surface area (Å²) in [5.41, 5.74) is 4.17. The van der Waals surface area contributed by atoms with Gasteiger partial charge in [0, 0.05) is 18.4 Å². The molecule has 1 aromatic carbocycles. The lowest BCUT2D eigenvalue weighted by Crippen LogP contribution is -2.41. The Hall–Kier alpha value is -1.83. The van der Waals surface area contributed by atoms with Gasteiger partial charge in [-0.1, -0.05) is 30.0 Å². The zero-order chi connectivity index (χ0) is 21.4. The minimum atomic E-state index is -0.482. The Bertz CT molecular complexity index is 933. The summed E-state index contributed by atoms with van der Waals surface area (Å²) in [6.45, 7) is 13.7. The second-order valence-electron chi connectivity index (χ2n) is 8.52. The number of hydrogen-bond acceptors (Lipinski definition) is 5. The van der Waals surface area contributed by atoms with Gasteiger partial charge in [-0.15, -0.1) is 0 Å². The van der Waals surface area contributed by atoms with Crippen molar-refractivity contribution in [2.45, 2.75) is 59.7 Å². The Kier molecular flexibility index (Phi) is 6.13. The molecule has 1 aromatic heterocycles. The maximum absolute atomic E-state index is 11.6. The lowest BCUT2D eigenvalue weighted by atomic mass is 9.78.